The summed E-state index contributed by atoms with van der Waals surface area (Å²) in [5.41, 5.74) is 3.00. The molecule has 24 heavy (non-hydrogen) atoms. The van der Waals surface area contributed by atoms with Gasteiger partial charge in [0.05, 0.1) is 20.6 Å². The van der Waals surface area contributed by atoms with Crippen molar-refractivity contribution in [1.29, 1.82) is 0 Å². The summed E-state index contributed by atoms with van der Waals surface area (Å²) in [5, 5.41) is 0. The maximum Gasteiger partial charge on any atom is 0.315 e. The Morgan fingerprint density at radius 2 is 1.62 bits per heavy atom. The Morgan fingerprint density at radius 3 is 2.25 bits per heavy atom. The number of esters is 1. The molecule has 0 bridgehead atoms. The van der Waals surface area contributed by atoms with E-state index in [2.05, 4.69) is 19.9 Å². The van der Waals surface area contributed by atoms with Crippen molar-refractivity contribution in [2.24, 2.45) is 0 Å². The smallest absolute Gasteiger partial charge is 0.315 e. The van der Waals surface area contributed by atoms with E-state index in [1.54, 1.807) is 26.4 Å². The monoisotopic (exact) mass is 328 g/mol. The van der Waals surface area contributed by atoms with Gasteiger partial charge in [-0.3, -0.25) is 4.79 Å². The van der Waals surface area contributed by atoms with E-state index in [9.17, 15) is 4.79 Å². The van der Waals surface area contributed by atoms with Crippen molar-refractivity contribution in [2.45, 2.75) is 33.1 Å². The molecular weight excluding hydrogens is 304 g/mol. The number of aryl methyl sites for hydroxylation is 1. The van der Waals surface area contributed by atoms with Gasteiger partial charge in [-0.1, -0.05) is 37.6 Å². The van der Waals surface area contributed by atoms with E-state index in [0.29, 0.717) is 17.2 Å². The van der Waals surface area contributed by atoms with Gasteiger partial charge in [-0.15, -0.1) is 0 Å². The zero-order valence-corrected chi connectivity index (χ0v) is 14.9. The molecule has 0 aromatic heterocycles. The normalized spacial score (nSPS) is 10.6. The fourth-order valence-electron chi connectivity index (χ4n) is 2.53. The molecule has 0 saturated carbocycles. The van der Waals surface area contributed by atoms with Gasteiger partial charge in [0.2, 0.25) is 0 Å². The van der Waals surface area contributed by atoms with Crippen LogP contribution in [-0.4, -0.2) is 20.2 Å². The average molecular weight is 328 g/mol. The molecule has 128 valence electrons. The molecule has 2 aromatic carbocycles. The molecule has 2 rings (SSSR count). The largest absolute Gasteiger partial charge is 0.493 e. The zero-order valence-electron chi connectivity index (χ0n) is 14.9. The topological polar surface area (TPSA) is 44.8 Å². The fraction of sp³-hybridized carbons (Fsp3) is 0.350. The van der Waals surface area contributed by atoms with E-state index >= 15 is 0 Å². The summed E-state index contributed by atoms with van der Waals surface area (Å²) < 4.78 is 16.1. The summed E-state index contributed by atoms with van der Waals surface area (Å²) in [6, 6.07) is 11.3. The number of hydrogen-bond donors (Lipinski definition) is 0. The van der Waals surface area contributed by atoms with Gasteiger partial charge in [-0.05, 0) is 42.2 Å². The van der Waals surface area contributed by atoms with Crippen LogP contribution in [0.25, 0.3) is 0 Å². The molecule has 0 atom stereocenters. The Balaban J connectivity index is 2.14. The van der Waals surface area contributed by atoms with Crippen LogP contribution in [0.4, 0.5) is 0 Å². The predicted molar refractivity (Wildman–Crippen MR) is 94.2 cm³/mol. The van der Waals surface area contributed by atoms with Crippen molar-refractivity contribution in [3.05, 3.63) is 53.1 Å². The third-order valence-electron chi connectivity index (χ3n) is 3.81. The van der Waals surface area contributed by atoms with Gasteiger partial charge in [0.15, 0.2) is 11.5 Å². The number of carbonyl (C=O) groups is 1. The van der Waals surface area contributed by atoms with Crippen molar-refractivity contribution in [3.63, 3.8) is 0 Å². The second-order valence-corrected chi connectivity index (χ2v) is 6.04. The highest BCUT2D eigenvalue weighted by Gasteiger charge is 2.14. The molecule has 0 aliphatic carbocycles. The minimum Gasteiger partial charge on any atom is -0.493 e. The molecule has 0 aliphatic rings. The van der Waals surface area contributed by atoms with Crippen LogP contribution >= 0.6 is 0 Å². The van der Waals surface area contributed by atoms with Crippen LogP contribution in [0.1, 0.15) is 36.5 Å². The molecule has 0 unspecified atom stereocenters. The molecule has 0 N–H and O–H groups in total. The summed E-state index contributed by atoms with van der Waals surface area (Å²) in [5.74, 6) is 1.85. The summed E-state index contributed by atoms with van der Waals surface area (Å²) >= 11 is 0. The lowest BCUT2D eigenvalue weighted by atomic mass is 10.00. The molecule has 0 spiro atoms. The highest BCUT2D eigenvalue weighted by Crippen LogP contribution is 2.29. The molecule has 0 aliphatic heterocycles. The Bertz CT molecular complexity index is 720. The van der Waals surface area contributed by atoms with Crippen LogP contribution in [0, 0.1) is 6.92 Å². The number of benzene rings is 2. The Hall–Kier alpha value is -2.49. The Morgan fingerprint density at radius 1 is 0.958 bits per heavy atom. The van der Waals surface area contributed by atoms with Crippen LogP contribution in [0.15, 0.2) is 36.4 Å². The second-order valence-electron chi connectivity index (χ2n) is 6.04. The lowest BCUT2D eigenvalue weighted by Crippen LogP contribution is -2.13. The van der Waals surface area contributed by atoms with Gasteiger partial charge in [0.25, 0.3) is 0 Å². The Labute approximate surface area is 143 Å². The van der Waals surface area contributed by atoms with Gasteiger partial charge >= 0.3 is 5.97 Å². The van der Waals surface area contributed by atoms with E-state index in [4.69, 9.17) is 14.2 Å². The third-order valence-corrected chi connectivity index (χ3v) is 3.81. The van der Waals surface area contributed by atoms with Crippen LogP contribution in [0.5, 0.6) is 17.2 Å². The molecular formula is C20H24O4. The highest BCUT2D eigenvalue weighted by molar-refractivity contribution is 5.76. The van der Waals surface area contributed by atoms with Gasteiger partial charge in [-0.25, -0.2) is 0 Å². The molecule has 2 aromatic rings. The lowest BCUT2D eigenvalue weighted by Gasteiger charge is -2.14. The first kappa shape index (κ1) is 17.9. The molecule has 0 heterocycles. The second kappa shape index (κ2) is 7.86. The summed E-state index contributed by atoms with van der Waals surface area (Å²) in [6.07, 6.45) is 0.172. The van der Waals surface area contributed by atoms with Gasteiger partial charge < -0.3 is 14.2 Å². The van der Waals surface area contributed by atoms with E-state index in [1.807, 2.05) is 25.1 Å². The molecule has 4 heteroatoms. The summed E-state index contributed by atoms with van der Waals surface area (Å²) in [7, 11) is 3.15. The quantitative estimate of drug-likeness (QED) is 0.586. The number of rotatable bonds is 6. The highest BCUT2D eigenvalue weighted by atomic mass is 16.5. The lowest BCUT2D eigenvalue weighted by molar-refractivity contribution is -0.133. The first-order valence-electron chi connectivity index (χ1n) is 7.96. The zero-order chi connectivity index (χ0) is 17.7. The average Bonchev–Trinajstić information content (AvgIpc) is 2.56. The van der Waals surface area contributed by atoms with E-state index in [1.165, 1.54) is 0 Å². The van der Waals surface area contributed by atoms with Crippen LogP contribution < -0.4 is 14.2 Å². The van der Waals surface area contributed by atoms with E-state index in [-0.39, 0.29) is 18.3 Å². The maximum absolute atomic E-state index is 12.3. The van der Waals surface area contributed by atoms with E-state index < -0.39 is 0 Å². The van der Waals surface area contributed by atoms with Crippen molar-refractivity contribution < 1.29 is 19.0 Å². The SMILES string of the molecule is COc1ccc(CC(=O)Oc2ccc(C)cc2C(C)C)cc1OC. The number of methoxy groups -OCH3 is 2. The maximum atomic E-state index is 12.3. The first-order chi connectivity index (χ1) is 11.4. The van der Waals surface area contributed by atoms with Crippen molar-refractivity contribution in [2.75, 3.05) is 14.2 Å². The third kappa shape index (κ3) is 4.28. The standard InChI is InChI=1S/C20H24O4/c1-13(2)16-10-14(3)6-8-17(16)24-20(21)12-15-7-9-18(22-4)19(11-15)23-5/h6-11,13H,12H2,1-5H3. The van der Waals surface area contributed by atoms with Crippen molar-refractivity contribution >= 4 is 5.97 Å². The van der Waals surface area contributed by atoms with Crippen molar-refractivity contribution in [3.8, 4) is 17.2 Å². The predicted octanol–water partition coefficient (Wildman–Crippen LogP) is 4.28. The number of ether oxygens (including phenoxy) is 3. The van der Waals surface area contributed by atoms with Crippen LogP contribution in [0.2, 0.25) is 0 Å². The Kier molecular flexibility index (Phi) is 5.85. The fourth-order valence-corrected chi connectivity index (χ4v) is 2.53. The van der Waals surface area contributed by atoms with Crippen molar-refractivity contribution in [1.82, 2.24) is 0 Å². The minimum atomic E-state index is -0.298. The first-order valence-corrected chi connectivity index (χ1v) is 7.96. The molecule has 0 fully saturated rings. The minimum absolute atomic E-state index is 0.172. The molecule has 0 amide bonds. The molecule has 4 nitrogen and oxygen atoms in total. The van der Waals surface area contributed by atoms with Crippen LogP contribution in [-0.2, 0) is 11.2 Å². The molecule has 0 radical (unpaired) electrons. The molecule has 0 saturated heterocycles. The van der Waals surface area contributed by atoms with Gasteiger partial charge in [0.1, 0.15) is 5.75 Å². The number of carbonyl (C=O) groups excluding carboxylic acids is 1. The van der Waals surface area contributed by atoms with E-state index in [0.717, 1.165) is 16.7 Å². The van der Waals surface area contributed by atoms with Gasteiger partial charge in [-0.2, -0.15) is 0 Å². The number of hydrogen-bond acceptors (Lipinski definition) is 4. The summed E-state index contributed by atoms with van der Waals surface area (Å²) in [6.45, 7) is 6.20. The summed E-state index contributed by atoms with van der Waals surface area (Å²) in [4.78, 5) is 12.3. The van der Waals surface area contributed by atoms with Gasteiger partial charge in [0, 0.05) is 0 Å². The van der Waals surface area contributed by atoms with Crippen LogP contribution in [0.3, 0.4) is 0 Å².